The third-order valence-electron chi connectivity index (χ3n) is 9.91. The maximum Gasteiger partial charge on any atom is 0.313 e. The highest BCUT2D eigenvalue weighted by molar-refractivity contribution is 6.33. The summed E-state index contributed by atoms with van der Waals surface area (Å²) in [6, 6.07) is 11.0. The van der Waals surface area contributed by atoms with Gasteiger partial charge >= 0.3 is 5.97 Å². The van der Waals surface area contributed by atoms with Crippen molar-refractivity contribution in [1.82, 2.24) is 35.5 Å². The zero-order valence-electron chi connectivity index (χ0n) is 31.4. The monoisotopic (exact) mass is 735 g/mol. The standard InChI is InChI=1S/C38H54ClN9O4/c1-25(2)35(52-36(49)37(4,5)6)48-34(45-46-47-48)22-51-21-26(3)43-28-12-10-27(11-13-28)18-29-19-30(31(39)20-41-29)32-8-7-9-33(44-32)42-24-38(23-40)14-16-50-17-15-38/h7-9,19-20,25-28,35,43H,10-18,21-22,24H2,1-6H3,(H,42,44)/t26-,27?,28?,35+/m0/s1. The molecule has 0 spiro atoms. The van der Waals surface area contributed by atoms with Gasteiger partial charge in [-0.3, -0.25) is 9.78 Å². The second-order valence-corrected chi connectivity index (χ2v) is 16.2. The molecule has 3 aromatic rings. The summed E-state index contributed by atoms with van der Waals surface area (Å²) in [6.45, 7) is 14.0. The molecule has 0 bridgehead atoms. The van der Waals surface area contributed by atoms with E-state index in [2.05, 4.69) is 50.2 Å². The van der Waals surface area contributed by atoms with E-state index in [0.29, 0.717) is 62.0 Å². The molecule has 0 aromatic carbocycles. The second-order valence-electron chi connectivity index (χ2n) is 15.8. The van der Waals surface area contributed by atoms with Crippen LogP contribution in [0.1, 0.15) is 97.8 Å². The Morgan fingerprint density at radius 1 is 1.17 bits per heavy atom. The van der Waals surface area contributed by atoms with E-state index in [9.17, 15) is 10.1 Å². The lowest BCUT2D eigenvalue weighted by molar-refractivity contribution is -0.168. The zero-order valence-corrected chi connectivity index (χ0v) is 32.2. The van der Waals surface area contributed by atoms with Gasteiger partial charge in [0.2, 0.25) is 6.23 Å². The van der Waals surface area contributed by atoms with E-state index < -0.39 is 17.1 Å². The number of anilines is 1. The molecule has 2 atom stereocenters. The van der Waals surface area contributed by atoms with Gasteiger partial charge in [0.15, 0.2) is 5.82 Å². The first kappa shape index (κ1) is 39.5. The number of carbonyl (C=O) groups is 1. The van der Waals surface area contributed by atoms with Crippen LogP contribution >= 0.6 is 11.6 Å². The second kappa shape index (κ2) is 17.9. The zero-order chi connectivity index (χ0) is 37.3. The number of tetrazole rings is 1. The predicted molar refractivity (Wildman–Crippen MR) is 198 cm³/mol. The van der Waals surface area contributed by atoms with E-state index in [4.69, 9.17) is 30.8 Å². The van der Waals surface area contributed by atoms with Crippen molar-refractivity contribution in [2.45, 2.75) is 111 Å². The molecule has 1 saturated heterocycles. The van der Waals surface area contributed by atoms with Crippen molar-refractivity contribution in [2.24, 2.45) is 22.7 Å². The van der Waals surface area contributed by atoms with Gasteiger partial charge in [-0.05, 0) is 107 Å². The molecule has 2 fully saturated rings. The highest BCUT2D eigenvalue weighted by Gasteiger charge is 2.33. The number of esters is 1. The van der Waals surface area contributed by atoms with Crippen LogP contribution in [-0.4, -0.2) is 74.6 Å². The summed E-state index contributed by atoms with van der Waals surface area (Å²) < 4.78 is 18.8. The van der Waals surface area contributed by atoms with Crippen molar-refractivity contribution < 1.29 is 19.0 Å². The van der Waals surface area contributed by atoms with Crippen LogP contribution in [-0.2, 0) is 32.0 Å². The lowest BCUT2D eigenvalue weighted by Crippen LogP contribution is -2.41. The van der Waals surface area contributed by atoms with Crippen molar-refractivity contribution >= 4 is 23.4 Å². The molecule has 13 nitrogen and oxygen atoms in total. The Balaban J connectivity index is 1.07. The molecule has 14 heteroatoms. The van der Waals surface area contributed by atoms with Crippen molar-refractivity contribution in [2.75, 3.05) is 31.7 Å². The van der Waals surface area contributed by atoms with Gasteiger partial charge in [-0.1, -0.05) is 31.5 Å². The Morgan fingerprint density at radius 3 is 2.62 bits per heavy atom. The van der Waals surface area contributed by atoms with Crippen LogP contribution in [0.4, 0.5) is 5.82 Å². The first-order valence-corrected chi connectivity index (χ1v) is 18.9. The van der Waals surface area contributed by atoms with Gasteiger partial charge in [0.1, 0.15) is 12.4 Å². The first-order valence-electron chi connectivity index (χ1n) is 18.5. The topological polar surface area (TPSA) is 162 Å². The number of hydrogen-bond donors (Lipinski definition) is 2. The molecule has 4 heterocycles. The molecule has 1 saturated carbocycles. The van der Waals surface area contributed by atoms with E-state index in [-0.39, 0.29) is 24.5 Å². The summed E-state index contributed by atoms with van der Waals surface area (Å²) >= 11 is 6.64. The summed E-state index contributed by atoms with van der Waals surface area (Å²) in [5.41, 5.74) is 1.58. The van der Waals surface area contributed by atoms with Crippen molar-refractivity contribution in [3.05, 3.63) is 47.0 Å². The van der Waals surface area contributed by atoms with Gasteiger partial charge in [-0.15, -0.1) is 5.10 Å². The third kappa shape index (κ3) is 10.7. The number of rotatable bonds is 15. The van der Waals surface area contributed by atoms with Crippen LogP contribution in [0.25, 0.3) is 11.3 Å². The Hall–Kier alpha value is -3.70. The van der Waals surface area contributed by atoms with E-state index in [0.717, 1.165) is 54.9 Å². The van der Waals surface area contributed by atoms with Crippen LogP contribution in [0.2, 0.25) is 5.02 Å². The summed E-state index contributed by atoms with van der Waals surface area (Å²) in [7, 11) is 0. The van der Waals surface area contributed by atoms with Crippen LogP contribution in [0.3, 0.4) is 0 Å². The summed E-state index contributed by atoms with van der Waals surface area (Å²) in [6.07, 6.45) is 7.79. The molecule has 282 valence electrons. The van der Waals surface area contributed by atoms with Crippen LogP contribution < -0.4 is 10.6 Å². The molecule has 3 aromatic heterocycles. The number of nitrogens with one attached hydrogen (secondary N) is 2. The van der Waals surface area contributed by atoms with E-state index in [1.165, 1.54) is 0 Å². The minimum absolute atomic E-state index is 0.0226. The maximum atomic E-state index is 12.6. The van der Waals surface area contributed by atoms with Crippen LogP contribution in [0, 0.1) is 34.0 Å². The van der Waals surface area contributed by atoms with Gasteiger partial charge in [-0.25, -0.2) is 4.98 Å². The smallest absolute Gasteiger partial charge is 0.313 e. The summed E-state index contributed by atoms with van der Waals surface area (Å²) in [5.74, 6) is 1.45. The molecular formula is C38H54ClN9O4. The highest BCUT2D eigenvalue weighted by Crippen LogP contribution is 2.33. The third-order valence-corrected chi connectivity index (χ3v) is 10.2. The lowest BCUT2D eigenvalue weighted by atomic mass is 9.82. The SMILES string of the molecule is CC(C)[C@@H](OC(=O)C(C)(C)C)n1nnnc1COC[C@H](C)NC1CCC(Cc2cc(-c3cccc(NCC4(C#N)CCOCC4)n3)c(Cl)cn2)CC1. The molecule has 2 N–H and O–H groups in total. The fraction of sp³-hybridized carbons (Fsp3) is 0.658. The molecule has 5 rings (SSSR count). The quantitative estimate of drug-likeness (QED) is 0.162. The molecule has 0 amide bonds. The molecule has 2 aliphatic rings. The van der Waals surface area contributed by atoms with Crippen molar-refractivity contribution in [3.63, 3.8) is 0 Å². The van der Waals surface area contributed by atoms with Crippen LogP contribution in [0.15, 0.2) is 30.5 Å². The highest BCUT2D eigenvalue weighted by atomic mass is 35.5. The van der Waals surface area contributed by atoms with Gasteiger partial charge in [0, 0.05) is 55.2 Å². The van der Waals surface area contributed by atoms with E-state index >= 15 is 0 Å². The maximum absolute atomic E-state index is 12.6. The van der Waals surface area contributed by atoms with Gasteiger partial charge in [0.25, 0.3) is 0 Å². The Labute approximate surface area is 312 Å². The molecule has 52 heavy (non-hydrogen) atoms. The number of carbonyl (C=O) groups excluding carboxylic acids is 1. The molecule has 1 aliphatic carbocycles. The number of aromatic nitrogens is 6. The van der Waals surface area contributed by atoms with E-state index in [1.807, 2.05) is 52.8 Å². The molecule has 0 radical (unpaired) electrons. The van der Waals surface area contributed by atoms with E-state index in [1.54, 1.807) is 10.9 Å². The molecule has 1 aliphatic heterocycles. The number of ether oxygens (including phenoxy) is 3. The summed E-state index contributed by atoms with van der Waals surface area (Å²) in [4.78, 5) is 22.1. The first-order chi connectivity index (χ1) is 24.9. The molecule has 0 unspecified atom stereocenters. The Bertz CT molecular complexity index is 1660. The number of hydrogen-bond acceptors (Lipinski definition) is 12. The average molecular weight is 736 g/mol. The fourth-order valence-corrected chi connectivity index (χ4v) is 6.89. The number of nitrogens with zero attached hydrogens (tertiary/aromatic N) is 7. The lowest BCUT2D eigenvalue weighted by Gasteiger charge is -2.31. The number of halogens is 1. The normalized spacial score (nSPS) is 20.2. The largest absolute Gasteiger partial charge is 0.439 e. The number of pyridine rings is 2. The van der Waals surface area contributed by atoms with Crippen LogP contribution in [0.5, 0.6) is 0 Å². The van der Waals surface area contributed by atoms with Gasteiger partial charge < -0.3 is 24.8 Å². The summed E-state index contributed by atoms with van der Waals surface area (Å²) in [5, 5.41) is 29.6. The van der Waals surface area contributed by atoms with Crippen molar-refractivity contribution in [1.29, 1.82) is 5.26 Å². The van der Waals surface area contributed by atoms with Gasteiger partial charge in [0.05, 0.1) is 34.2 Å². The van der Waals surface area contributed by atoms with Crippen molar-refractivity contribution in [3.8, 4) is 17.3 Å². The number of nitriles is 1. The Morgan fingerprint density at radius 2 is 1.92 bits per heavy atom. The predicted octanol–water partition coefficient (Wildman–Crippen LogP) is 6.56. The Kier molecular flexibility index (Phi) is 13.6. The minimum atomic E-state index is -0.631. The molecular weight excluding hydrogens is 682 g/mol. The average Bonchev–Trinajstić information content (AvgIpc) is 3.59. The fourth-order valence-electron chi connectivity index (χ4n) is 6.69. The minimum Gasteiger partial charge on any atom is -0.439 e. The van der Waals surface area contributed by atoms with Gasteiger partial charge in [-0.2, -0.15) is 9.94 Å².